The van der Waals surface area contributed by atoms with Gasteiger partial charge in [0, 0.05) is 17.1 Å². The van der Waals surface area contributed by atoms with Crippen LogP contribution in [0.2, 0.25) is 0 Å². The van der Waals surface area contributed by atoms with Gasteiger partial charge in [0.25, 0.3) is 20.2 Å². The van der Waals surface area contributed by atoms with Gasteiger partial charge >= 0.3 is 0 Å². The number of nitrogens with two attached hydrogens (primary N) is 1. The lowest BCUT2D eigenvalue weighted by Gasteiger charge is -2.08. The van der Waals surface area contributed by atoms with Crippen LogP contribution in [-0.2, 0) is 20.2 Å². The van der Waals surface area contributed by atoms with Crippen molar-refractivity contribution in [1.29, 1.82) is 0 Å². The van der Waals surface area contributed by atoms with Gasteiger partial charge in [0.1, 0.15) is 5.75 Å². The van der Waals surface area contributed by atoms with Crippen molar-refractivity contribution in [2.45, 2.75) is 9.79 Å². The highest BCUT2D eigenvalue weighted by Crippen LogP contribution is 2.34. The van der Waals surface area contributed by atoms with E-state index in [0.29, 0.717) is 0 Å². The van der Waals surface area contributed by atoms with Crippen molar-refractivity contribution in [3.8, 4) is 5.75 Å². The van der Waals surface area contributed by atoms with E-state index >= 15 is 0 Å². The molecular formula is C10H9NO7S2. The summed E-state index contributed by atoms with van der Waals surface area (Å²) < 4.78 is 62.1. The fourth-order valence-corrected chi connectivity index (χ4v) is 2.86. The maximum absolute atomic E-state index is 11.1. The fraction of sp³-hybridized carbons (Fsp3) is 0. The number of hydrogen-bond acceptors (Lipinski definition) is 6. The van der Waals surface area contributed by atoms with E-state index in [1.807, 2.05) is 0 Å². The molecule has 5 N–H and O–H groups in total. The van der Waals surface area contributed by atoms with Crippen LogP contribution in [0.25, 0.3) is 10.8 Å². The Kier molecular flexibility index (Phi) is 3.13. The predicted octanol–water partition coefficient (Wildman–Crippen LogP) is 0.621. The molecule has 0 unspecified atom stereocenters. The molecule has 108 valence electrons. The molecule has 0 fully saturated rings. The average molecular weight is 319 g/mol. The number of nitrogen functional groups attached to an aromatic ring is 1. The highest BCUT2D eigenvalue weighted by Gasteiger charge is 2.18. The predicted molar refractivity (Wildman–Crippen MR) is 69.7 cm³/mol. The molecule has 0 bridgehead atoms. The molecule has 0 aliphatic carbocycles. The average Bonchev–Trinajstić information content (AvgIpc) is 2.25. The van der Waals surface area contributed by atoms with Gasteiger partial charge in [-0.2, -0.15) is 16.8 Å². The summed E-state index contributed by atoms with van der Waals surface area (Å²) in [6.07, 6.45) is 0. The maximum Gasteiger partial charge on any atom is 0.294 e. The van der Waals surface area contributed by atoms with Crippen LogP contribution in [0.4, 0.5) is 5.69 Å². The summed E-state index contributed by atoms with van der Waals surface area (Å²) in [6, 6.07) is 3.55. The van der Waals surface area contributed by atoms with Gasteiger partial charge < -0.3 is 10.8 Å². The van der Waals surface area contributed by atoms with Crippen molar-refractivity contribution in [2.24, 2.45) is 0 Å². The Bertz CT molecular complexity index is 844. The highest BCUT2D eigenvalue weighted by molar-refractivity contribution is 7.86. The van der Waals surface area contributed by atoms with E-state index in [1.54, 1.807) is 0 Å². The van der Waals surface area contributed by atoms with Crippen LogP contribution in [0.15, 0.2) is 34.1 Å². The lowest BCUT2D eigenvalue weighted by molar-refractivity contribution is 0.471. The molecule has 10 heteroatoms. The second-order valence-electron chi connectivity index (χ2n) is 4.00. The second kappa shape index (κ2) is 4.31. The molecule has 2 aromatic carbocycles. The van der Waals surface area contributed by atoms with Crippen molar-refractivity contribution in [1.82, 2.24) is 0 Å². The van der Waals surface area contributed by atoms with Crippen molar-refractivity contribution in [3.63, 3.8) is 0 Å². The summed E-state index contributed by atoms with van der Waals surface area (Å²) in [4.78, 5) is -1.19. The zero-order valence-electron chi connectivity index (χ0n) is 9.68. The quantitative estimate of drug-likeness (QED) is 0.463. The number of phenolic OH excluding ortho intramolecular Hbond substituents is 1. The van der Waals surface area contributed by atoms with Crippen molar-refractivity contribution in [3.05, 3.63) is 24.3 Å². The van der Waals surface area contributed by atoms with Crippen LogP contribution in [0, 0.1) is 0 Å². The monoisotopic (exact) mass is 319 g/mol. The molecule has 0 aliphatic heterocycles. The molecule has 0 aliphatic rings. The van der Waals surface area contributed by atoms with Crippen LogP contribution < -0.4 is 5.73 Å². The molecule has 0 heterocycles. The minimum Gasteiger partial charge on any atom is -0.507 e. The third-order valence-corrected chi connectivity index (χ3v) is 4.26. The molecular weight excluding hydrogens is 310 g/mol. The molecule has 0 radical (unpaired) electrons. The van der Waals surface area contributed by atoms with Gasteiger partial charge in [-0.3, -0.25) is 9.11 Å². The molecule has 0 saturated heterocycles. The summed E-state index contributed by atoms with van der Waals surface area (Å²) in [5.74, 6) is -0.547. The third kappa shape index (κ3) is 2.54. The normalized spacial score (nSPS) is 12.7. The molecule has 0 saturated carbocycles. The molecule has 2 rings (SSSR count). The van der Waals surface area contributed by atoms with Crippen LogP contribution >= 0.6 is 0 Å². The second-order valence-corrected chi connectivity index (χ2v) is 6.85. The number of anilines is 1. The lowest BCUT2D eigenvalue weighted by Crippen LogP contribution is -2.02. The molecule has 2 aromatic rings. The Morgan fingerprint density at radius 3 is 1.75 bits per heavy atom. The van der Waals surface area contributed by atoms with E-state index in [-0.39, 0.29) is 16.5 Å². The summed E-state index contributed by atoms with van der Waals surface area (Å²) in [6.45, 7) is 0. The van der Waals surface area contributed by atoms with E-state index in [9.17, 15) is 21.9 Å². The van der Waals surface area contributed by atoms with Crippen LogP contribution in [0.5, 0.6) is 5.75 Å². The fourth-order valence-electron chi connectivity index (χ4n) is 1.77. The van der Waals surface area contributed by atoms with Crippen molar-refractivity contribution >= 4 is 36.7 Å². The first-order valence-electron chi connectivity index (χ1n) is 5.01. The topological polar surface area (TPSA) is 155 Å². The van der Waals surface area contributed by atoms with Gasteiger partial charge in [-0.05, 0) is 23.6 Å². The van der Waals surface area contributed by atoms with E-state index in [4.69, 9.17) is 14.8 Å². The number of aromatic hydroxyl groups is 1. The zero-order valence-corrected chi connectivity index (χ0v) is 11.3. The molecule has 0 spiro atoms. The Morgan fingerprint density at radius 2 is 1.30 bits per heavy atom. The van der Waals surface area contributed by atoms with E-state index in [2.05, 4.69) is 0 Å². The standard InChI is InChI=1S/C10H9NO7S2/c11-8-3-6(19(13,14)15)1-5-2-7(20(16,17)18)4-9(12)10(5)8/h1-4,12H,11H2,(H,13,14,15)(H,16,17,18). The van der Waals surface area contributed by atoms with Gasteiger partial charge in [0.2, 0.25) is 0 Å². The molecule has 8 nitrogen and oxygen atoms in total. The number of fused-ring (bicyclic) bond motifs is 1. The summed E-state index contributed by atoms with van der Waals surface area (Å²) >= 11 is 0. The Morgan fingerprint density at radius 1 is 0.850 bits per heavy atom. The molecule has 0 aromatic heterocycles. The first kappa shape index (κ1) is 14.5. The smallest absolute Gasteiger partial charge is 0.294 e. The Hall–Kier alpha value is -1.88. The van der Waals surface area contributed by atoms with Crippen LogP contribution in [0.1, 0.15) is 0 Å². The van der Waals surface area contributed by atoms with Gasteiger partial charge in [0.15, 0.2) is 0 Å². The highest BCUT2D eigenvalue weighted by atomic mass is 32.2. The van der Waals surface area contributed by atoms with Crippen LogP contribution in [0.3, 0.4) is 0 Å². The minimum atomic E-state index is -4.59. The van der Waals surface area contributed by atoms with Gasteiger partial charge in [-0.15, -0.1) is 0 Å². The Labute approximate surface area is 114 Å². The molecule has 0 atom stereocenters. The largest absolute Gasteiger partial charge is 0.507 e. The van der Waals surface area contributed by atoms with E-state index in [0.717, 1.165) is 24.3 Å². The minimum absolute atomic E-state index is 0.00444. The summed E-state index contributed by atoms with van der Waals surface area (Å²) in [5, 5.41) is 9.66. The van der Waals surface area contributed by atoms with E-state index < -0.39 is 35.8 Å². The molecule has 20 heavy (non-hydrogen) atoms. The Balaban J connectivity index is 2.95. The first-order valence-corrected chi connectivity index (χ1v) is 7.89. The third-order valence-electron chi connectivity index (χ3n) is 2.60. The van der Waals surface area contributed by atoms with Crippen molar-refractivity contribution < 1.29 is 31.0 Å². The summed E-state index contributed by atoms with van der Waals surface area (Å²) in [5.41, 5.74) is 5.39. The van der Waals surface area contributed by atoms with Gasteiger partial charge in [0.05, 0.1) is 9.79 Å². The summed E-state index contributed by atoms with van der Waals surface area (Å²) in [7, 11) is -9.14. The van der Waals surface area contributed by atoms with Crippen LogP contribution in [-0.4, -0.2) is 31.0 Å². The SMILES string of the molecule is Nc1cc(S(=O)(=O)O)cc2cc(S(=O)(=O)O)cc(O)c12. The number of phenols is 1. The maximum atomic E-state index is 11.1. The molecule has 0 amide bonds. The zero-order chi connectivity index (χ0) is 15.3. The van der Waals surface area contributed by atoms with Crippen molar-refractivity contribution in [2.75, 3.05) is 5.73 Å². The number of benzene rings is 2. The van der Waals surface area contributed by atoms with Gasteiger partial charge in [-0.1, -0.05) is 0 Å². The number of rotatable bonds is 2. The number of hydrogen-bond donors (Lipinski definition) is 4. The lowest BCUT2D eigenvalue weighted by atomic mass is 10.1. The first-order chi connectivity index (χ1) is 9.00. The van der Waals surface area contributed by atoms with Gasteiger partial charge in [-0.25, -0.2) is 0 Å². The van der Waals surface area contributed by atoms with E-state index in [1.165, 1.54) is 0 Å².